The van der Waals surface area contributed by atoms with Crippen LogP contribution in [-0.4, -0.2) is 6.61 Å². The van der Waals surface area contributed by atoms with Gasteiger partial charge in [0.2, 0.25) is 0 Å². The van der Waals surface area contributed by atoms with Gasteiger partial charge in [-0.2, -0.15) is 0 Å². The van der Waals surface area contributed by atoms with Crippen LogP contribution in [0.5, 0.6) is 5.75 Å². The minimum absolute atomic E-state index is 0.181. The normalized spacial score (nSPS) is 19.3. The van der Waals surface area contributed by atoms with E-state index in [0.717, 1.165) is 50.5 Å². The number of aryl methyl sites for hydroxylation is 2. The van der Waals surface area contributed by atoms with E-state index in [0.29, 0.717) is 35.8 Å². The van der Waals surface area contributed by atoms with Crippen molar-refractivity contribution in [1.82, 2.24) is 0 Å². The highest BCUT2D eigenvalue weighted by molar-refractivity contribution is 5.31. The predicted molar refractivity (Wildman–Crippen MR) is 111 cm³/mol. The van der Waals surface area contributed by atoms with Crippen LogP contribution in [0.2, 0.25) is 0 Å². The molecule has 1 nitrogen and oxygen atoms in total. The molecule has 1 fully saturated rings. The topological polar surface area (TPSA) is 9.23 Å². The zero-order valence-corrected chi connectivity index (χ0v) is 17.4. The smallest absolute Gasteiger partial charge is 0.162 e. The first kappa shape index (κ1) is 21.7. The zero-order chi connectivity index (χ0) is 20.8. The first-order valence-electron chi connectivity index (χ1n) is 10.8. The van der Waals surface area contributed by atoms with Gasteiger partial charge in [-0.3, -0.25) is 0 Å². The standard InChI is InChI=1S/C25H31F3O/c1-3-4-15-29-21-13-14-22(23(26)16-21)19-10-6-18(7-11-19)8-12-20-9-5-17(2)24(27)25(20)28/h5,9,13-14,16,18-19H,3-4,6-8,10-12,15H2,1-2H3. The lowest BCUT2D eigenvalue weighted by Crippen LogP contribution is -2.15. The molecular formula is C25H31F3O. The lowest BCUT2D eigenvalue weighted by molar-refractivity contribution is 0.300. The van der Waals surface area contributed by atoms with Gasteiger partial charge in [0.15, 0.2) is 11.6 Å². The Morgan fingerprint density at radius 1 is 0.966 bits per heavy atom. The molecule has 0 heterocycles. The third-order valence-electron chi connectivity index (χ3n) is 6.20. The van der Waals surface area contributed by atoms with Crippen LogP contribution in [0, 0.1) is 30.3 Å². The third kappa shape index (κ3) is 5.55. The van der Waals surface area contributed by atoms with Gasteiger partial charge in [0.25, 0.3) is 0 Å². The molecule has 0 radical (unpaired) electrons. The van der Waals surface area contributed by atoms with E-state index < -0.39 is 11.6 Å². The maximum Gasteiger partial charge on any atom is 0.162 e. The minimum atomic E-state index is -0.733. The van der Waals surface area contributed by atoms with Gasteiger partial charge in [0.05, 0.1) is 6.61 Å². The minimum Gasteiger partial charge on any atom is -0.493 e. The molecule has 158 valence electrons. The highest BCUT2D eigenvalue weighted by Crippen LogP contribution is 2.39. The Bertz CT molecular complexity index is 810. The fourth-order valence-corrected chi connectivity index (χ4v) is 4.26. The second-order valence-corrected chi connectivity index (χ2v) is 8.31. The van der Waals surface area contributed by atoms with Crippen LogP contribution in [-0.2, 0) is 6.42 Å². The lowest BCUT2D eigenvalue weighted by Gasteiger charge is -2.29. The van der Waals surface area contributed by atoms with Gasteiger partial charge in [-0.25, -0.2) is 13.2 Å². The van der Waals surface area contributed by atoms with Gasteiger partial charge in [0.1, 0.15) is 11.6 Å². The van der Waals surface area contributed by atoms with E-state index in [-0.39, 0.29) is 11.7 Å². The highest BCUT2D eigenvalue weighted by atomic mass is 19.2. The molecule has 4 heteroatoms. The zero-order valence-electron chi connectivity index (χ0n) is 17.4. The molecule has 0 saturated heterocycles. The van der Waals surface area contributed by atoms with Crippen molar-refractivity contribution in [3.63, 3.8) is 0 Å². The van der Waals surface area contributed by atoms with Crippen LogP contribution in [0.15, 0.2) is 30.3 Å². The number of hydrogen-bond donors (Lipinski definition) is 0. The largest absolute Gasteiger partial charge is 0.493 e. The summed E-state index contributed by atoms with van der Waals surface area (Å²) >= 11 is 0. The van der Waals surface area contributed by atoms with Crippen molar-refractivity contribution >= 4 is 0 Å². The van der Waals surface area contributed by atoms with Crippen LogP contribution in [0.3, 0.4) is 0 Å². The summed E-state index contributed by atoms with van der Waals surface area (Å²) in [4.78, 5) is 0. The Kier molecular flexibility index (Phi) is 7.63. The van der Waals surface area contributed by atoms with Crippen LogP contribution in [0.1, 0.15) is 74.5 Å². The summed E-state index contributed by atoms with van der Waals surface area (Å²) in [5.41, 5.74) is 1.58. The van der Waals surface area contributed by atoms with Crippen molar-refractivity contribution in [1.29, 1.82) is 0 Å². The number of hydrogen-bond acceptors (Lipinski definition) is 1. The first-order valence-corrected chi connectivity index (χ1v) is 10.8. The summed E-state index contributed by atoms with van der Waals surface area (Å²) in [6.45, 7) is 4.29. The molecule has 1 aliphatic rings. The molecule has 0 unspecified atom stereocenters. The van der Waals surface area contributed by atoms with Gasteiger partial charge in [-0.1, -0.05) is 31.5 Å². The molecule has 3 rings (SSSR count). The van der Waals surface area contributed by atoms with E-state index in [4.69, 9.17) is 4.74 Å². The summed E-state index contributed by atoms with van der Waals surface area (Å²) in [5, 5.41) is 0. The Morgan fingerprint density at radius 2 is 1.72 bits per heavy atom. The first-order chi connectivity index (χ1) is 14.0. The summed E-state index contributed by atoms with van der Waals surface area (Å²) in [6, 6.07) is 8.58. The van der Waals surface area contributed by atoms with Gasteiger partial charge < -0.3 is 4.74 Å². The molecule has 0 aliphatic heterocycles. The SMILES string of the molecule is CCCCOc1ccc(C2CCC(CCc3ccc(C)c(F)c3F)CC2)c(F)c1. The number of rotatable bonds is 8. The van der Waals surface area contributed by atoms with Crippen molar-refractivity contribution in [2.24, 2.45) is 5.92 Å². The third-order valence-corrected chi connectivity index (χ3v) is 6.20. The van der Waals surface area contributed by atoms with Crippen molar-refractivity contribution < 1.29 is 17.9 Å². The van der Waals surface area contributed by atoms with E-state index in [9.17, 15) is 13.2 Å². The van der Waals surface area contributed by atoms with Crippen LogP contribution in [0.25, 0.3) is 0 Å². The van der Waals surface area contributed by atoms with Crippen LogP contribution >= 0.6 is 0 Å². The Labute approximate surface area is 172 Å². The Morgan fingerprint density at radius 3 is 2.41 bits per heavy atom. The molecule has 0 N–H and O–H groups in total. The molecule has 2 aromatic rings. The number of halogens is 3. The van der Waals surface area contributed by atoms with Crippen LogP contribution in [0.4, 0.5) is 13.2 Å². The van der Waals surface area contributed by atoms with Gasteiger partial charge in [-0.05, 0) is 86.5 Å². The number of unbranched alkanes of at least 4 members (excludes halogenated alkanes) is 1. The summed E-state index contributed by atoms with van der Waals surface area (Å²) in [6.07, 6.45) is 7.27. The summed E-state index contributed by atoms with van der Waals surface area (Å²) in [7, 11) is 0. The maximum absolute atomic E-state index is 14.6. The average molecular weight is 405 g/mol. The van der Waals surface area contributed by atoms with Gasteiger partial charge in [-0.15, -0.1) is 0 Å². The van der Waals surface area contributed by atoms with E-state index >= 15 is 0 Å². The molecular weight excluding hydrogens is 373 g/mol. The quantitative estimate of drug-likeness (QED) is 0.414. The van der Waals surface area contributed by atoms with Gasteiger partial charge in [0, 0.05) is 6.07 Å². The summed E-state index contributed by atoms with van der Waals surface area (Å²) < 4.78 is 47.9. The average Bonchev–Trinajstić information content (AvgIpc) is 2.72. The Balaban J connectivity index is 1.51. The monoisotopic (exact) mass is 404 g/mol. The molecule has 0 bridgehead atoms. The van der Waals surface area contributed by atoms with E-state index in [2.05, 4.69) is 6.92 Å². The molecule has 29 heavy (non-hydrogen) atoms. The number of benzene rings is 2. The van der Waals surface area contributed by atoms with Crippen molar-refractivity contribution in [3.8, 4) is 5.75 Å². The lowest BCUT2D eigenvalue weighted by atomic mass is 9.76. The van der Waals surface area contributed by atoms with Crippen molar-refractivity contribution in [3.05, 3.63) is 64.5 Å². The second-order valence-electron chi connectivity index (χ2n) is 8.31. The summed E-state index contributed by atoms with van der Waals surface area (Å²) in [5.74, 6) is -0.314. The molecule has 2 aromatic carbocycles. The van der Waals surface area contributed by atoms with Gasteiger partial charge >= 0.3 is 0 Å². The molecule has 0 aromatic heterocycles. The van der Waals surface area contributed by atoms with Crippen molar-refractivity contribution in [2.75, 3.05) is 6.61 Å². The fraction of sp³-hybridized carbons (Fsp3) is 0.520. The van der Waals surface area contributed by atoms with E-state index in [1.807, 2.05) is 12.1 Å². The molecule has 1 saturated carbocycles. The predicted octanol–water partition coefficient (Wildman–Crippen LogP) is 7.50. The molecule has 0 amide bonds. The Hall–Kier alpha value is -1.97. The highest BCUT2D eigenvalue weighted by Gasteiger charge is 2.25. The second kappa shape index (κ2) is 10.2. The van der Waals surface area contributed by atoms with E-state index in [1.165, 1.54) is 6.07 Å². The van der Waals surface area contributed by atoms with Crippen molar-refractivity contribution in [2.45, 2.75) is 71.1 Å². The molecule has 1 aliphatic carbocycles. The van der Waals surface area contributed by atoms with Crippen LogP contribution < -0.4 is 4.74 Å². The molecule has 0 atom stereocenters. The maximum atomic E-state index is 14.6. The van der Waals surface area contributed by atoms with E-state index in [1.54, 1.807) is 19.1 Å². The fourth-order valence-electron chi connectivity index (χ4n) is 4.26. The number of ether oxygens (including phenoxy) is 1. The molecule has 0 spiro atoms.